The SMILES string of the molecule is COc1ccccc1OC(C)c1nnc(SCC(=O)Nc2nc(-c3ccc(C)cc3)cs2)n1-c1ccccc1. The Kier molecular flexibility index (Phi) is 8.24. The van der Waals surface area contributed by atoms with Crippen LogP contribution in [0.15, 0.2) is 89.4 Å². The van der Waals surface area contributed by atoms with Crippen LogP contribution in [0.25, 0.3) is 16.9 Å². The first kappa shape index (κ1) is 26.5. The van der Waals surface area contributed by atoms with E-state index in [0.29, 0.717) is 27.6 Å². The molecule has 0 aliphatic carbocycles. The maximum Gasteiger partial charge on any atom is 0.236 e. The lowest BCUT2D eigenvalue weighted by Gasteiger charge is -2.18. The molecule has 39 heavy (non-hydrogen) atoms. The van der Waals surface area contributed by atoms with Crippen LogP contribution in [0.3, 0.4) is 0 Å². The van der Waals surface area contributed by atoms with Crippen molar-refractivity contribution in [2.45, 2.75) is 25.1 Å². The summed E-state index contributed by atoms with van der Waals surface area (Å²) >= 11 is 2.70. The smallest absolute Gasteiger partial charge is 0.236 e. The van der Waals surface area contributed by atoms with E-state index in [2.05, 4.69) is 20.5 Å². The number of hydrogen-bond donors (Lipinski definition) is 1. The van der Waals surface area contributed by atoms with Crippen molar-refractivity contribution in [3.05, 3.63) is 95.6 Å². The molecule has 1 atom stereocenters. The third-order valence-electron chi connectivity index (χ3n) is 5.84. The number of hydrogen-bond acceptors (Lipinski definition) is 8. The van der Waals surface area contributed by atoms with Crippen LogP contribution in [0.1, 0.15) is 24.4 Å². The predicted molar refractivity (Wildman–Crippen MR) is 155 cm³/mol. The van der Waals surface area contributed by atoms with E-state index in [-0.39, 0.29) is 11.7 Å². The van der Waals surface area contributed by atoms with Crippen LogP contribution in [-0.2, 0) is 4.79 Å². The molecule has 2 aromatic heterocycles. The number of rotatable bonds is 10. The molecule has 10 heteroatoms. The number of amides is 1. The molecule has 1 unspecified atom stereocenters. The van der Waals surface area contributed by atoms with Crippen molar-refractivity contribution in [1.29, 1.82) is 0 Å². The van der Waals surface area contributed by atoms with Gasteiger partial charge in [-0.3, -0.25) is 9.36 Å². The molecular weight excluding hydrogens is 530 g/mol. The molecule has 1 N–H and O–H groups in total. The van der Waals surface area contributed by atoms with E-state index in [4.69, 9.17) is 9.47 Å². The fraction of sp³-hybridized carbons (Fsp3) is 0.172. The Morgan fingerprint density at radius 2 is 1.72 bits per heavy atom. The maximum absolute atomic E-state index is 12.8. The number of aromatic nitrogens is 4. The highest BCUT2D eigenvalue weighted by Crippen LogP contribution is 2.32. The van der Waals surface area contributed by atoms with Crippen molar-refractivity contribution in [1.82, 2.24) is 19.7 Å². The van der Waals surface area contributed by atoms with E-state index in [1.54, 1.807) is 7.11 Å². The zero-order valence-corrected chi connectivity index (χ0v) is 23.3. The molecule has 0 aliphatic heterocycles. The van der Waals surface area contributed by atoms with Crippen molar-refractivity contribution in [3.8, 4) is 28.4 Å². The summed E-state index contributed by atoms with van der Waals surface area (Å²) < 4.78 is 13.5. The second-order valence-electron chi connectivity index (χ2n) is 8.66. The number of nitrogens with one attached hydrogen (secondary N) is 1. The van der Waals surface area contributed by atoms with Crippen molar-refractivity contribution < 1.29 is 14.3 Å². The van der Waals surface area contributed by atoms with Gasteiger partial charge in [0.05, 0.1) is 18.6 Å². The summed E-state index contributed by atoms with van der Waals surface area (Å²) in [6.45, 7) is 3.95. The molecule has 0 bridgehead atoms. The molecule has 0 saturated heterocycles. The van der Waals surface area contributed by atoms with E-state index in [0.717, 1.165) is 16.9 Å². The molecule has 8 nitrogen and oxygen atoms in total. The number of anilines is 1. The van der Waals surface area contributed by atoms with Gasteiger partial charge in [-0.1, -0.05) is 71.9 Å². The lowest BCUT2D eigenvalue weighted by atomic mass is 10.1. The van der Waals surface area contributed by atoms with Gasteiger partial charge < -0.3 is 14.8 Å². The minimum Gasteiger partial charge on any atom is -0.493 e. The normalized spacial score (nSPS) is 11.7. The Balaban J connectivity index is 1.30. The van der Waals surface area contributed by atoms with Crippen molar-refractivity contribution in [2.24, 2.45) is 0 Å². The van der Waals surface area contributed by atoms with E-state index in [9.17, 15) is 4.79 Å². The number of carbonyl (C=O) groups excluding carboxylic acids is 1. The quantitative estimate of drug-likeness (QED) is 0.194. The van der Waals surface area contributed by atoms with E-state index in [1.165, 1.54) is 28.7 Å². The summed E-state index contributed by atoms with van der Waals surface area (Å²) in [6, 6.07) is 25.4. The maximum atomic E-state index is 12.8. The third-order valence-corrected chi connectivity index (χ3v) is 7.53. The second kappa shape index (κ2) is 12.1. The molecule has 198 valence electrons. The van der Waals surface area contributed by atoms with E-state index in [1.807, 2.05) is 103 Å². The highest BCUT2D eigenvalue weighted by atomic mass is 32.2. The van der Waals surface area contributed by atoms with Crippen LogP contribution in [0, 0.1) is 6.92 Å². The highest BCUT2D eigenvalue weighted by molar-refractivity contribution is 7.99. The number of nitrogens with zero attached hydrogens (tertiary/aromatic N) is 4. The summed E-state index contributed by atoms with van der Waals surface area (Å²) in [4.78, 5) is 17.4. The van der Waals surface area contributed by atoms with Gasteiger partial charge in [-0.15, -0.1) is 21.5 Å². The van der Waals surface area contributed by atoms with Gasteiger partial charge in [-0.05, 0) is 38.1 Å². The van der Waals surface area contributed by atoms with Crippen LogP contribution < -0.4 is 14.8 Å². The number of benzene rings is 3. The topological polar surface area (TPSA) is 91.2 Å². The van der Waals surface area contributed by atoms with Gasteiger partial charge in [0.25, 0.3) is 0 Å². The average molecular weight is 558 g/mol. The number of ether oxygens (including phenoxy) is 2. The Morgan fingerprint density at radius 3 is 2.46 bits per heavy atom. The highest BCUT2D eigenvalue weighted by Gasteiger charge is 2.22. The van der Waals surface area contributed by atoms with Crippen LogP contribution >= 0.6 is 23.1 Å². The van der Waals surface area contributed by atoms with Crippen molar-refractivity contribution >= 4 is 34.1 Å². The largest absolute Gasteiger partial charge is 0.493 e. The van der Waals surface area contributed by atoms with Crippen LogP contribution in [-0.4, -0.2) is 38.5 Å². The molecule has 5 rings (SSSR count). The fourth-order valence-corrected chi connectivity index (χ4v) is 5.39. The molecule has 0 saturated carbocycles. The molecule has 0 spiro atoms. The van der Waals surface area contributed by atoms with Crippen LogP contribution in [0.4, 0.5) is 5.13 Å². The number of methoxy groups -OCH3 is 1. The van der Waals surface area contributed by atoms with Crippen molar-refractivity contribution in [2.75, 3.05) is 18.2 Å². The summed E-state index contributed by atoms with van der Waals surface area (Å²) in [5.41, 5.74) is 3.91. The average Bonchev–Trinajstić information content (AvgIpc) is 3.60. The number of carbonyl (C=O) groups is 1. The van der Waals surface area contributed by atoms with Gasteiger partial charge >= 0.3 is 0 Å². The summed E-state index contributed by atoms with van der Waals surface area (Å²) in [6.07, 6.45) is -0.437. The Morgan fingerprint density at radius 1 is 1.00 bits per heavy atom. The first-order valence-electron chi connectivity index (χ1n) is 12.3. The first-order valence-corrected chi connectivity index (χ1v) is 14.1. The van der Waals surface area contributed by atoms with E-state index < -0.39 is 6.10 Å². The Bertz CT molecular complexity index is 1550. The molecule has 0 aliphatic rings. The molecule has 5 aromatic rings. The minimum atomic E-state index is -0.437. The van der Waals surface area contributed by atoms with Gasteiger partial charge in [0.1, 0.15) is 0 Å². The Labute approximate surface area is 235 Å². The molecule has 2 heterocycles. The summed E-state index contributed by atoms with van der Waals surface area (Å²) in [5, 5.41) is 14.8. The Hall–Kier alpha value is -4.15. The fourth-order valence-electron chi connectivity index (χ4n) is 3.89. The molecular formula is C29H27N5O3S2. The van der Waals surface area contributed by atoms with Gasteiger partial charge in [-0.25, -0.2) is 4.98 Å². The number of thioether (sulfide) groups is 1. The zero-order valence-electron chi connectivity index (χ0n) is 21.7. The lowest BCUT2D eigenvalue weighted by molar-refractivity contribution is -0.113. The van der Waals surface area contributed by atoms with Gasteiger partial charge in [0.15, 0.2) is 33.7 Å². The van der Waals surface area contributed by atoms with Gasteiger partial charge in [0, 0.05) is 16.6 Å². The second-order valence-corrected chi connectivity index (χ2v) is 10.5. The van der Waals surface area contributed by atoms with Crippen LogP contribution in [0.2, 0.25) is 0 Å². The third kappa shape index (κ3) is 6.30. The molecule has 3 aromatic carbocycles. The minimum absolute atomic E-state index is 0.145. The number of aryl methyl sites for hydroxylation is 1. The van der Waals surface area contributed by atoms with E-state index >= 15 is 0 Å². The summed E-state index contributed by atoms with van der Waals surface area (Å²) in [7, 11) is 1.61. The zero-order chi connectivity index (χ0) is 27.2. The number of para-hydroxylation sites is 3. The van der Waals surface area contributed by atoms with Crippen LogP contribution in [0.5, 0.6) is 11.5 Å². The van der Waals surface area contributed by atoms with Gasteiger partial charge in [-0.2, -0.15) is 0 Å². The molecule has 0 fully saturated rings. The lowest BCUT2D eigenvalue weighted by Crippen LogP contribution is -2.15. The molecule has 1 amide bonds. The predicted octanol–water partition coefficient (Wildman–Crippen LogP) is 6.58. The standard InChI is InChI=1S/C29H27N5O3S2/c1-19-13-15-21(16-14-19)23-17-38-28(30-23)31-26(35)18-39-29-33-32-27(34(29)22-9-5-4-6-10-22)20(2)37-25-12-8-7-11-24(25)36-3/h4-17,20H,18H2,1-3H3,(H,30,31,35). The van der Waals surface area contributed by atoms with Gasteiger partial charge in [0.2, 0.25) is 5.91 Å². The summed E-state index contributed by atoms with van der Waals surface area (Å²) in [5.74, 6) is 1.82. The first-order chi connectivity index (χ1) is 19.0. The molecule has 0 radical (unpaired) electrons. The monoisotopic (exact) mass is 557 g/mol. The van der Waals surface area contributed by atoms with Crippen molar-refractivity contribution in [3.63, 3.8) is 0 Å². The number of thiazole rings is 1.